The Kier molecular flexibility index (Phi) is 9.82. The topological polar surface area (TPSA) is 48.9 Å². The summed E-state index contributed by atoms with van der Waals surface area (Å²) in [5.74, 6) is 0.905. The molecule has 1 aliphatic rings. The van der Waals surface area contributed by atoms with Gasteiger partial charge in [-0.2, -0.15) is 0 Å². The third kappa shape index (κ3) is 7.52. The lowest BCUT2D eigenvalue weighted by Gasteiger charge is -2.33. The van der Waals surface area contributed by atoms with E-state index < -0.39 is 0 Å². The maximum Gasteiger partial charge on any atom is 0.191 e. The number of nitrogens with zero attached hydrogens (tertiary/aromatic N) is 2. The first-order valence-electron chi connectivity index (χ1n) is 9.65. The molecule has 0 amide bonds. The minimum atomic E-state index is 0.503. The molecule has 0 spiro atoms. The molecule has 0 unspecified atom stereocenters. The quantitative estimate of drug-likeness (QED) is 0.393. The van der Waals surface area contributed by atoms with Gasteiger partial charge in [-0.1, -0.05) is 29.8 Å². The van der Waals surface area contributed by atoms with Crippen LogP contribution in [0, 0.1) is 0 Å². The molecule has 0 saturated carbocycles. The van der Waals surface area contributed by atoms with Gasteiger partial charge in [-0.15, -0.1) is 0 Å². The summed E-state index contributed by atoms with van der Waals surface area (Å²) < 4.78 is 5.13. The molecule has 1 aromatic rings. The number of nitrogens with one attached hydrogen (secondary N) is 2. The second-order valence-electron chi connectivity index (χ2n) is 6.80. The Labute approximate surface area is 163 Å². The van der Waals surface area contributed by atoms with Crippen molar-refractivity contribution >= 4 is 17.6 Å². The van der Waals surface area contributed by atoms with Crippen LogP contribution in [0.1, 0.15) is 31.2 Å². The number of aliphatic imine (C=N–C) groups is 1. The smallest absolute Gasteiger partial charge is 0.191 e. The van der Waals surface area contributed by atoms with Gasteiger partial charge in [0, 0.05) is 58.0 Å². The van der Waals surface area contributed by atoms with Crippen molar-refractivity contribution in [3.05, 3.63) is 34.9 Å². The van der Waals surface area contributed by atoms with Crippen molar-refractivity contribution in [3.8, 4) is 0 Å². The molecule has 146 valence electrons. The van der Waals surface area contributed by atoms with Gasteiger partial charge in [0.05, 0.1) is 0 Å². The highest BCUT2D eigenvalue weighted by Crippen LogP contribution is 2.16. The Hall–Kier alpha value is -1.30. The molecule has 1 fully saturated rings. The number of likely N-dealkylation sites (tertiary alicyclic amines) is 1. The summed E-state index contributed by atoms with van der Waals surface area (Å²) in [5.41, 5.74) is 1.21. The molecule has 0 bridgehead atoms. The molecule has 6 heteroatoms. The van der Waals surface area contributed by atoms with E-state index in [2.05, 4.69) is 26.6 Å². The summed E-state index contributed by atoms with van der Waals surface area (Å²) in [7, 11) is 3.60. The van der Waals surface area contributed by atoms with Gasteiger partial charge in [0.2, 0.25) is 0 Å². The fourth-order valence-corrected chi connectivity index (χ4v) is 3.54. The number of aryl methyl sites for hydroxylation is 1. The molecule has 1 aliphatic heterocycles. The summed E-state index contributed by atoms with van der Waals surface area (Å²) >= 11 is 6.21. The Morgan fingerprint density at radius 1 is 1.27 bits per heavy atom. The Balaban J connectivity index is 1.61. The number of ether oxygens (including phenoxy) is 1. The van der Waals surface area contributed by atoms with Crippen LogP contribution in [0.3, 0.4) is 0 Å². The predicted octanol–water partition coefficient (Wildman–Crippen LogP) is 2.94. The van der Waals surface area contributed by atoms with E-state index in [9.17, 15) is 0 Å². The molecule has 0 aromatic heterocycles. The van der Waals surface area contributed by atoms with E-state index in [-0.39, 0.29) is 0 Å². The van der Waals surface area contributed by atoms with Gasteiger partial charge in [-0.05, 0) is 43.7 Å². The lowest BCUT2D eigenvalue weighted by molar-refractivity contribution is 0.155. The molecular formula is C20H33ClN4O. The van der Waals surface area contributed by atoms with Gasteiger partial charge in [-0.25, -0.2) is 0 Å². The summed E-state index contributed by atoms with van der Waals surface area (Å²) in [6, 6.07) is 8.56. The summed E-state index contributed by atoms with van der Waals surface area (Å²) in [5, 5.41) is 7.84. The predicted molar refractivity (Wildman–Crippen MR) is 110 cm³/mol. The Bertz CT molecular complexity index is 544. The van der Waals surface area contributed by atoms with E-state index in [4.69, 9.17) is 16.3 Å². The number of halogens is 1. The van der Waals surface area contributed by atoms with Gasteiger partial charge < -0.3 is 20.3 Å². The van der Waals surface area contributed by atoms with Gasteiger partial charge in [0.25, 0.3) is 0 Å². The Morgan fingerprint density at radius 3 is 2.73 bits per heavy atom. The van der Waals surface area contributed by atoms with E-state index in [0.29, 0.717) is 6.04 Å². The zero-order valence-corrected chi connectivity index (χ0v) is 16.9. The molecule has 0 atom stereocenters. The van der Waals surface area contributed by atoms with Gasteiger partial charge >= 0.3 is 0 Å². The molecule has 0 radical (unpaired) electrons. The van der Waals surface area contributed by atoms with E-state index >= 15 is 0 Å². The van der Waals surface area contributed by atoms with Crippen molar-refractivity contribution in [2.24, 2.45) is 4.99 Å². The maximum atomic E-state index is 6.21. The van der Waals surface area contributed by atoms with Crippen LogP contribution in [0.15, 0.2) is 29.3 Å². The first kappa shape index (κ1) is 21.0. The zero-order chi connectivity index (χ0) is 18.6. The van der Waals surface area contributed by atoms with Crippen LogP contribution in [-0.2, 0) is 11.2 Å². The number of rotatable bonds is 9. The molecule has 0 aliphatic carbocycles. The lowest BCUT2D eigenvalue weighted by atomic mass is 10.1. The fraction of sp³-hybridized carbons (Fsp3) is 0.650. The van der Waals surface area contributed by atoms with Crippen LogP contribution < -0.4 is 10.6 Å². The van der Waals surface area contributed by atoms with E-state index in [0.717, 1.165) is 75.9 Å². The molecule has 1 aromatic carbocycles. The minimum Gasteiger partial charge on any atom is -0.385 e. The van der Waals surface area contributed by atoms with Crippen LogP contribution >= 0.6 is 11.6 Å². The normalized spacial score (nSPS) is 16.7. The van der Waals surface area contributed by atoms with Crippen molar-refractivity contribution in [3.63, 3.8) is 0 Å². The van der Waals surface area contributed by atoms with Crippen LogP contribution in [0.2, 0.25) is 5.02 Å². The minimum absolute atomic E-state index is 0.503. The highest BCUT2D eigenvalue weighted by atomic mass is 35.5. The molecule has 5 nitrogen and oxygen atoms in total. The number of methoxy groups -OCH3 is 1. The van der Waals surface area contributed by atoms with Crippen molar-refractivity contribution in [1.82, 2.24) is 15.5 Å². The van der Waals surface area contributed by atoms with Crippen LogP contribution in [0.4, 0.5) is 0 Å². The number of hydrogen-bond acceptors (Lipinski definition) is 3. The molecule has 1 saturated heterocycles. The van der Waals surface area contributed by atoms with Crippen LogP contribution in [-0.4, -0.2) is 63.8 Å². The van der Waals surface area contributed by atoms with E-state index in [1.807, 2.05) is 25.2 Å². The standard InChI is InChI=1S/C20H33ClN4O/c1-22-20(23-12-5-8-17-7-3-4-9-19(17)21)24-18-10-14-25(15-11-18)13-6-16-26-2/h3-4,7,9,18H,5-6,8,10-16H2,1-2H3,(H2,22,23,24). The third-order valence-corrected chi connectivity index (χ3v) is 5.22. The second kappa shape index (κ2) is 12.2. The summed E-state index contributed by atoms with van der Waals surface area (Å²) in [6.45, 7) is 5.16. The number of benzene rings is 1. The monoisotopic (exact) mass is 380 g/mol. The average Bonchev–Trinajstić information content (AvgIpc) is 2.67. The van der Waals surface area contributed by atoms with Gasteiger partial charge in [0.15, 0.2) is 5.96 Å². The first-order chi connectivity index (χ1) is 12.7. The fourth-order valence-electron chi connectivity index (χ4n) is 3.31. The van der Waals surface area contributed by atoms with Gasteiger partial charge in [-0.3, -0.25) is 4.99 Å². The zero-order valence-electron chi connectivity index (χ0n) is 16.1. The molecule has 26 heavy (non-hydrogen) atoms. The van der Waals surface area contributed by atoms with E-state index in [1.54, 1.807) is 7.11 Å². The Morgan fingerprint density at radius 2 is 2.04 bits per heavy atom. The number of guanidine groups is 1. The van der Waals surface area contributed by atoms with Crippen molar-refractivity contribution in [2.45, 2.75) is 38.1 Å². The first-order valence-corrected chi connectivity index (χ1v) is 10.0. The molecule has 2 rings (SSSR count). The highest BCUT2D eigenvalue weighted by Gasteiger charge is 2.19. The lowest BCUT2D eigenvalue weighted by Crippen LogP contribution is -2.49. The summed E-state index contributed by atoms with van der Waals surface area (Å²) in [4.78, 5) is 6.89. The van der Waals surface area contributed by atoms with Crippen molar-refractivity contribution in [2.75, 3.05) is 46.9 Å². The largest absolute Gasteiger partial charge is 0.385 e. The van der Waals surface area contributed by atoms with Crippen LogP contribution in [0.25, 0.3) is 0 Å². The SMILES string of the molecule is CN=C(NCCCc1ccccc1Cl)NC1CCN(CCCOC)CC1. The maximum absolute atomic E-state index is 6.21. The second-order valence-corrected chi connectivity index (χ2v) is 7.21. The highest BCUT2D eigenvalue weighted by molar-refractivity contribution is 6.31. The molecule has 1 heterocycles. The van der Waals surface area contributed by atoms with Gasteiger partial charge in [0.1, 0.15) is 0 Å². The molecule has 2 N–H and O–H groups in total. The van der Waals surface area contributed by atoms with Crippen molar-refractivity contribution in [1.29, 1.82) is 0 Å². The number of hydrogen-bond donors (Lipinski definition) is 2. The summed E-state index contributed by atoms with van der Waals surface area (Å²) in [6.07, 6.45) is 5.44. The molecular weight excluding hydrogens is 348 g/mol. The van der Waals surface area contributed by atoms with Crippen LogP contribution in [0.5, 0.6) is 0 Å². The third-order valence-electron chi connectivity index (χ3n) is 4.85. The average molecular weight is 381 g/mol. The van der Waals surface area contributed by atoms with E-state index in [1.165, 1.54) is 5.56 Å². The van der Waals surface area contributed by atoms with Crippen molar-refractivity contribution < 1.29 is 4.74 Å². The number of piperidine rings is 1.